The van der Waals surface area contributed by atoms with Crippen molar-refractivity contribution in [2.45, 2.75) is 71.2 Å². The van der Waals surface area contributed by atoms with Gasteiger partial charge in [-0.25, -0.2) is 9.78 Å². The summed E-state index contributed by atoms with van der Waals surface area (Å²) in [6.07, 6.45) is 1.77. The first-order valence-corrected chi connectivity index (χ1v) is 11.9. The SMILES string of the molecule is COc1cnc(C#CCCC(C)(C)O[Si](C)(C)C(C)(C)C)cc1NC(=O)O. The van der Waals surface area contributed by atoms with E-state index in [4.69, 9.17) is 14.3 Å². The third kappa shape index (κ3) is 7.23. The lowest BCUT2D eigenvalue weighted by molar-refractivity contribution is 0.0840. The third-order valence-corrected chi connectivity index (χ3v) is 9.41. The lowest BCUT2D eigenvalue weighted by Gasteiger charge is -2.42. The van der Waals surface area contributed by atoms with Crippen LogP contribution in [0.5, 0.6) is 5.75 Å². The standard InChI is InChI=1S/C20H32N2O4Si/c1-19(2,3)27(7,8)26-20(4,5)12-10-9-11-15-13-16(22-18(23)24)17(25-6)14-21-15/h13-14H,10,12H2,1-8H3,(H,21,22)(H,23,24). The van der Waals surface area contributed by atoms with E-state index in [0.29, 0.717) is 23.6 Å². The molecule has 1 aromatic rings. The van der Waals surface area contributed by atoms with E-state index in [-0.39, 0.29) is 10.6 Å². The number of pyridine rings is 1. The first-order chi connectivity index (χ1) is 12.3. The van der Waals surface area contributed by atoms with Crippen LogP contribution in [-0.2, 0) is 4.43 Å². The van der Waals surface area contributed by atoms with Crippen molar-refractivity contribution in [1.82, 2.24) is 4.98 Å². The molecule has 1 heterocycles. The summed E-state index contributed by atoms with van der Waals surface area (Å²) in [4.78, 5) is 15.1. The molecule has 0 aliphatic rings. The molecule has 0 radical (unpaired) electrons. The van der Waals surface area contributed by atoms with Crippen LogP contribution in [-0.4, -0.2) is 37.2 Å². The fraction of sp³-hybridized carbons (Fsp3) is 0.600. The molecule has 1 rings (SSSR count). The Kier molecular flexibility index (Phi) is 7.46. The fourth-order valence-electron chi connectivity index (χ4n) is 2.30. The van der Waals surface area contributed by atoms with Crippen molar-refractivity contribution >= 4 is 20.1 Å². The van der Waals surface area contributed by atoms with Crippen LogP contribution in [0.4, 0.5) is 10.5 Å². The van der Waals surface area contributed by atoms with Crippen molar-refractivity contribution in [2.24, 2.45) is 0 Å². The van der Waals surface area contributed by atoms with Gasteiger partial charge in [0.15, 0.2) is 14.1 Å². The van der Waals surface area contributed by atoms with Gasteiger partial charge in [0.1, 0.15) is 5.69 Å². The molecule has 1 amide bonds. The number of hydrogen-bond acceptors (Lipinski definition) is 4. The van der Waals surface area contributed by atoms with Crippen LogP contribution in [0.2, 0.25) is 18.1 Å². The van der Waals surface area contributed by atoms with Gasteiger partial charge in [-0.05, 0) is 50.4 Å². The molecule has 0 aliphatic carbocycles. The summed E-state index contributed by atoms with van der Waals surface area (Å²) in [5, 5.41) is 11.3. The third-order valence-electron chi connectivity index (χ3n) is 4.74. The van der Waals surface area contributed by atoms with Crippen molar-refractivity contribution in [3.8, 4) is 17.6 Å². The van der Waals surface area contributed by atoms with Crippen LogP contribution in [0.3, 0.4) is 0 Å². The molecule has 6 nitrogen and oxygen atoms in total. The number of methoxy groups -OCH3 is 1. The van der Waals surface area contributed by atoms with Gasteiger partial charge in [-0.1, -0.05) is 26.7 Å². The van der Waals surface area contributed by atoms with Crippen molar-refractivity contribution in [2.75, 3.05) is 12.4 Å². The number of anilines is 1. The Labute approximate surface area is 163 Å². The first kappa shape index (κ1) is 23.0. The molecule has 0 bridgehead atoms. The van der Waals surface area contributed by atoms with Crippen molar-refractivity contribution in [3.63, 3.8) is 0 Å². The second-order valence-corrected chi connectivity index (χ2v) is 13.3. The van der Waals surface area contributed by atoms with E-state index in [1.807, 2.05) is 0 Å². The zero-order valence-electron chi connectivity index (χ0n) is 17.7. The zero-order valence-corrected chi connectivity index (χ0v) is 18.7. The maximum atomic E-state index is 10.9. The molecule has 2 N–H and O–H groups in total. The summed E-state index contributed by atoms with van der Waals surface area (Å²) >= 11 is 0. The normalized spacial score (nSPS) is 12.1. The highest BCUT2D eigenvalue weighted by Gasteiger charge is 2.41. The minimum atomic E-state index is -1.84. The Hall–Kier alpha value is -2.04. The Morgan fingerprint density at radius 1 is 1.30 bits per heavy atom. The van der Waals surface area contributed by atoms with Crippen LogP contribution in [0, 0.1) is 11.8 Å². The molecule has 0 aliphatic heterocycles. The van der Waals surface area contributed by atoms with E-state index >= 15 is 0 Å². The van der Waals surface area contributed by atoms with Gasteiger partial charge in [0, 0.05) is 6.42 Å². The Balaban J connectivity index is 2.77. The number of hydrogen-bond donors (Lipinski definition) is 2. The molecule has 27 heavy (non-hydrogen) atoms. The molecule has 0 saturated heterocycles. The van der Waals surface area contributed by atoms with Gasteiger partial charge in [-0.2, -0.15) is 0 Å². The quantitative estimate of drug-likeness (QED) is 0.519. The van der Waals surface area contributed by atoms with Crippen LogP contribution in [0.15, 0.2) is 12.3 Å². The number of nitrogens with zero attached hydrogens (tertiary/aromatic N) is 1. The van der Waals surface area contributed by atoms with Gasteiger partial charge in [0.25, 0.3) is 0 Å². The highest BCUT2D eigenvalue weighted by molar-refractivity contribution is 6.74. The molecule has 0 unspecified atom stereocenters. The van der Waals surface area contributed by atoms with Crippen molar-refractivity contribution in [1.29, 1.82) is 0 Å². The second-order valence-electron chi connectivity index (χ2n) is 8.62. The smallest absolute Gasteiger partial charge is 0.409 e. The molecular weight excluding hydrogens is 360 g/mol. The summed E-state index contributed by atoms with van der Waals surface area (Å²) in [5.41, 5.74) is 0.565. The summed E-state index contributed by atoms with van der Waals surface area (Å²) in [6, 6.07) is 1.57. The van der Waals surface area contributed by atoms with E-state index in [1.54, 1.807) is 6.07 Å². The van der Waals surface area contributed by atoms with Gasteiger partial charge in [-0.15, -0.1) is 0 Å². The minimum absolute atomic E-state index is 0.163. The molecule has 0 saturated carbocycles. The number of nitrogens with one attached hydrogen (secondary N) is 1. The van der Waals surface area contributed by atoms with Crippen LogP contribution >= 0.6 is 0 Å². The molecule has 1 aromatic heterocycles. The topological polar surface area (TPSA) is 80.7 Å². The Bertz CT molecular complexity index is 728. The predicted molar refractivity (Wildman–Crippen MR) is 111 cm³/mol. The summed E-state index contributed by atoms with van der Waals surface area (Å²) in [6.45, 7) is 15.4. The lowest BCUT2D eigenvalue weighted by atomic mass is 10.0. The number of rotatable bonds is 6. The lowest BCUT2D eigenvalue weighted by Crippen LogP contribution is -2.47. The van der Waals surface area contributed by atoms with Gasteiger partial charge in [-0.3, -0.25) is 5.32 Å². The minimum Gasteiger partial charge on any atom is -0.493 e. The molecule has 150 valence electrons. The van der Waals surface area contributed by atoms with E-state index < -0.39 is 14.4 Å². The average molecular weight is 393 g/mol. The number of ether oxygens (including phenoxy) is 1. The Morgan fingerprint density at radius 2 is 1.93 bits per heavy atom. The number of carbonyl (C=O) groups is 1. The van der Waals surface area contributed by atoms with Gasteiger partial charge in [0.05, 0.1) is 24.6 Å². The highest BCUT2D eigenvalue weighted by Crippen LogP contribution is 2.39. The first-order valence-electron chi connectivity index (χ1n) is 9.00. The molecule has 0 atom stereocenters. The summed E-state index contributed by atoms with van der Waals surface area (Å²) < 4.78 is 11.6. The average Bonchev–Trinajstić information content (AvgIpc) is 2.49. The van der Waals surface area contributed by atoms with Crippen LogP contribution in [0.1, 0.15) is 53.2 Å². The number of amides is 1. The number of aromatic nitrogens is 1. The molecule has 7 heteroatoms. The maximum absolute atomic E-state index is 10.9. The van der Waals surface area contributed by atoms with Crippen molar-refractivity contribution < 1.29 is 19.1 Å². The zero-order chi connectivity index (χ0) is 20.9. The van der Waals surface area contributed by atoms with Gasteiger partial charge in [0.2, 0.25) is 0 Å². The molecule has 0 fully saturated rings. The molecule has 0 aromatic carbocycles. The van der Waals surface area contributed by atoms with Crippen LogP contribution < -0.4 is 10.1 Å². The summed E-state index contributed by atoms with van der Waals surface area (Å²) in [7, 11) is -0.378. The monoisotopic (exact) mass is 392 g/mol. The molecule has 0 spiro atoms. The van der Waals surface area contributed by atoms with E-state index in [2.05, 4.69) is 69.9 Å². The summed E-state index contributed by atoms with van der Waals surface area (Å²) in [5.74, 6) is 6.44. The van der Waals surface area contributed by atoms with E-state index in [1.165, 1.54) is 13.3 Å². The van der Waals surface area contributed by atoms with Gasteiger partial charge >= 0.3 is 6.09 Å². The molecular formula is C20H32N2O4Si. The second kappa shape index (κ2) is 8.76. The highest BCUT2D eigenvalue weighted by atomic mass is 28.4. The largest absolute Gasteiger partial charge is 0.493 e. The van der Waals surface area contributed by atoms with Crippen molar-refractivity contribution in [3.05, 3.63) is 18.0 Å². The van der Waals surface area contributed by atoms with Crippen LogP contribution in [0.25, 0.3) is 0 Å². The van der Waals surface area contributed by atoms with E-state index in [9.17, 15) is 4.79 Å². The predicted octanol–water partition coefficient (Wildman–Crippen LogP) is 5.11. The fourth-order valence-corrected chi connectivity index (χ4v) is 4.09. The Morgan fingerprint density at radius 3 is 2.44 bits per heavy atom. The number of carboxylic acid groups (broad SMARTS) is 1. The van der Waals surface area contributed by atoms with Gasteiger partial charge < -0.3 is 14.3 Å². The maximum Gasteiger partial charge on any atom is 0.409 e. The van der Waals surface area contributed by atoms with E-state index in [0.717, 1.165) is 6.42 Å².